The lowest BCUT2D eigenvalue weighted by Gasteiger charge is -2.34. The molecule has 0 saturated heterocycles. The number of aliphatic hydroxyl groups is 1. The van der Waals surface area contributed by atoms with E-state index in [1.54, 1.807) is 29.2 Å². The minimum Gasteiger partial charge on any atom is -0.488 e. The number of hydrogen-bond donors (Lipinski definition) is 3. The third kappa shape index (κ3) is 8.07. The van der Waals surface area contributed by atoms with Crippen LogP contribution in [-0.2, 0) is 17.8 Å². The Morgan fingerprint density at radius 2 is 1.82 bits per heavy atom. The highest BCUT2D eigenvalue weighted by atomic mass is 35.5. The van der Waals surface area contributed by atoms with Gasteiger partial charge in [0.1, 0.15) is 11.9 Å². The van der Waals surface area contributed by atoms with Gasteiger partial charge in [-0.25, -0.2) is 4.79 Å². The highest BCUT2D eigenvalue weighted by Gasteiger charge is 2.31. The van der Waals surface area contributed by atoms with Crippen LogP contribution in [-0.4, -0.2) is 65.7 Å². The number of nitrogens with zero attached hydrogens (tertiary/aromatic N) is 2. The molecule has 10 heteroatoms. The lowest BCUT2D eigenvalue weighted by molar-refractivity contribution is -0.134. The van der Waals surface area contributed by atoms with E-state index < -0.39 is 6.03 Å². The van der Waals surface area contributed by atoms with Gasteiger partial charge in [-0.3, -0.25) is 9.69 Å². The number of halogens is 2. The lowest BCUT2D eigenvalue weighted by Crippen LogP contribution is -2.47. The maximum absolute atomic E-state index is 13.6. The molecular weight excluding hydrogens is 611 g/mol. The maximum Gasteiger partial charge on any atom is 0.323 e. The second-order valence-corrected chi connectivity index (χ2v) is 12.6. The van der Waals surface area contributed by atoms with Crippen LogP contribution < -0.4 is 15.4 Å². The van der Waals surface area contributed by atoms with Gasteiger partial charge >= 0.3 is 6.03 Å². The molecule has 8 nitrogen and oxygen atoms in total. The fourth-order valence-electron chi connectivity index (χ4n) is 5.67. The number of carbonyl (C=O) groups excluding carboxylic acids is 2. The van der Waals surface area contributed by atoms with Crippen molar-refractivity contribution in [2.75, 3.05) is 37.4 Å². The lowest BCUT2D eigenvalue weighted by atomic mass is 10.0. The molecule has 5 rings (SSSR count). The van der Waals surface area contributed by atoms with Crippen molar-refractivity contribution in [2.45, 2.75) is 39.0 Å². The van der Waals surface area contributed by atoms with E-state index in [0.717, 1.165) is 16.3 Å². The van der Waals surface area contributed by atoms with Crippen molar-refractivity contribution in [1.29, 1.82) is 0 Å². The molecule has 3 amide bonds. The summed E-state index contributed by atoms with van der Waals surface area (Å²) in [6, 6.07) is 23.8. The largest absolute Gasteiger partial charge is 0.488 e. The molecule has 45 heavy (non-hydrogen) atoms. The molecule has 4 aromatic carbocycles. The Morgan fingerprint density at radius 1 is 1.04 bits per heavy atom. The maximum atomic E-state index is 13.6. The van der Waals surface area contributed by atoms with E-state index in [9.17, 15) is 14.7 Å². The summed E-state index contributed by atoms with van der Waals surface area (Å²) < 4.78 is 6.64. The van der Waals surface area contributed by atoms with Crippen LogP contribution in [0.5, 0.6) is 5.75 Å². The van der Waals surface area contributed by atoms with Gasteiger partial charge in [0, 0.05) is 42.2 Å². The second-order valence-electron chi connectivity index (χ2n) is 11.8. The molecular formula is C35H38Cl2N4O4. The predicted octanol–water partition coefficient (Wildman–Crippen LogP) is 7.07. The molecule has 3 atom stereocenters. The van der Waals surface area contributed by atoms with Crippen LogP contribution in [0.2, 0.25) is 10.0 Å². The summed E-state index contributed by atoms with van der Waals surface area (Å²) in [5.74, 6) is 0.423. The summed E-state index contributed by atoms with van der Waals surface area (Å²) in [6.07, 6.45) is -0.206. The van der Waals surface area contributed by atoms with E-state index in [0.29, 0.717) is 52.4 Å². The van der Waals surface area contributed by atoms with Crippen molar-refractivity contribution in [3.8, 4) is 5.75 Å². The number of likely N-dealkylation sites (N-methyl/N-ethyl adjacent to an activating group) is 1. The third-order valence-electron chi connectivity index (χ3n) is 8.14. The minimum atomic E-state index is -0.396. The SMILES string of the molecule is C[C@H]1CN([C@@H](C)CO)C(=O)Cc2cc(NC(=O)Nc3cccc4ccccc34)ccc2O[C@@H]1CN(C)Cc1ccc(Cl)c(Cl)c1. The minimum absolute atomic E-state index is 0.0468. The normalized spacial score (nSPS) is 17.6. The van der Waals surface area contributed by atoms with Crippen molar-refractivity contribution >= 4 is 57.3 Å². The van der Waals surface area contributed by atoms with Crippen molar-refractivity contribution in [3.05, 3.63) is 100 Å². The first kappa shape index (κ1) is 32.6. The van der Waals surface area contributed by atoms with Crippen molar-refractivity contribution < 1.29 is 19.4 Å². The third-order valence-corrected chi connectivity index (χ3v) is 8.88. The Morgan fingerprint density at radius 3 is 2.60 bits per heavy atom. The van der Waals surface area contributed by atoms with Gasteiger partial charge in [-0.1, -0.05) is 72.6 Å². The number of carbonyl (C=O) groups is 2. The summed E-state index contributed by atoms with van der Waals surface area (Å²) in [4.78, 5) is 30.5. The smallest absolute Gasteiger partial charge is 0.323 e. The first-order chi connectivity index (χ1) is 21.6. The van der Waals surface area contributed by atoms with E-state index in [1.807, 2.05) is 68.6 Å². The molecule has 0 radical (unpaired) electrons. The molecule has 0 saturated carbocycles. The molecule has 0 spiro atoms. The van der Waals surface area contributed by atoms with E-state index in [4.69, 9.17) is 27.9 Å². The van der Waals surface area contributed by atoms with Crippen molar-refractivity contribution in [1.82, 2.24) is 9.80 Å². The molecule has 1 aliphatic rings. The number of fused-ring (bicyclic) bond motifs is 2. The fourth-order valence-corrected chi connectivity index (χ4v) is 5.99. The van der Waals surface area contributed by atoms with Crippen LogP contribution in [0.1, 0.15) is 25.0 Å². The van der Waals surface area contributed by atoms with E-state index in [-0.39, 0.29) is 37.0 Å². The molecule has 1 heterocycles. The van der Waals surface area contributed by atoms with Gasteiger partial charge in [0.2, 0.25) is 5.91 Å². The quantitative estimate of drug-likeness (QED) is 0.190. The average Bonchev–Trinajstić information content (AvgIpc) is 3.06. The Labute approximate surface area is 273 Å². The van der Waals surface area contributed by atoms with Crippen molar-refractivity contribution in [3.63, 3.8) is 0 Å². The molecule has 0 bridgehead atoms. The number of nitrogens with one attached hydrogen (secondary N) is 2. The van der Waals surface area contributed by atoms with Crippen LogP contribution in [0.3, 0.4) is 0 Å². The van der Waals surface area contributed by atoms with Crippen LogP contribution >= 0.6 is 23.2 Å². The summed E-state index contributed by atoms with van der Waals surface area (Å²) in [7, 11) is 2.01. The van der Waals surface area contributed by atoms with Crippen LogP contribution in [0.25, 0.3) is 10.8 Å². The van der Waals surface area contributed by atoms with Gasteiger partial charge in [-0.2, -0.15) is 0 Å². The summed E-state index contributed by atoms with van der Waals surface area (Å²) >= 11 is 12.3. The Kier molecular flexibility index (Phi) is 10.5. The van der Waals surface area contributed by atoms with Crippen LogP contribution in [0.4, 0.5) is 16.2 Å². The van der Waals surface area contributed by atoms with Crippen LogP contribution in [0.15, 0.2) is 78.9 Å². The number of aliphatic hydroxyl groups excluding tert-OH is 1. The number of hydrogen-bond acceptors (Lipinski definition) is 5. The number of rotatable bonds is 8. The van der Waals surface area contributed by atoms with E-state index in [2.05, 4.69) is 22.5 Å². The molecule has 0 aromatic heterocycles. The highest BCUT2D eigenvalue weighted by molar-refractivity contribution is 6.42. The Hall–Kier alpha value is -3.82. The number of benzene rings is 4. The summed E-state index contributed by atoms with van der Waals surface area (Å²) in [5.41, 5.74) is 2.91. The molecule has 236 valence electrons. The van der Waals surface area contributed by atoms with Gasteiger partial charge in [0.25, 0.3) is 0 Å². The second kappa shape index (κ2) is 14.5. The van der Waals surface area contributed by atoms with E-state index >= 15 is 0 Å². The zero-order valence-electron chi connectivity index (χ0n) is 25.6. The average molecular weight is 650 g/mol. The molecule has 1 aliphatic heterocycles. The topological polar surface area (TPSA) is 94.1 Å². The monoisotopic (exact) mass is 648 g/mol. The number of urea groups is 1. The molecule has 4 aromatic rings. The fraction of sp³-hybridized carbons (Fsp3) is 0.314. The van der Waals surface area contributed by atoms with Gasteiger partial charge in [-0.05, 0) is 61.3 Å². The number of ether oxygens (including phenoxy) is 1. The van der Waals surface area contributed by atoms with Gasteiger partial charge in [0.15, 0.2) is 0 Å². The number of anilines is 2. The number of amides is 3. The van der Waals surface area contributed by atoms with Gasteiger partial charge in [-0.15, -0.1) is 0 Å². The molecule has 0 fully saturated rings. The van der Waals surface area contributed by atoms with Crippen molar-refractivity contribution in [2.24, 2.45) is 5.92 Å². The predicted molar refractivity (Wildman–Crippen MR) is 181 cm³/mol. The molecule has 3 N–H and O–H groups in total. The zero-order valence-corrected chi connectivity index (χ0v) is 27.1. The molecule has 0 aliphatic carbocycles. The summed E-state index contributed by atoms with van der Waals surface area (Å²) in [6.45, 7) is 5.37. The first-order valence-corrected chi connectivity index (χ1v) is 15.7. The Bertz CT molecular complexity index is 1680. The standard InChI is InChI=1S/C35H38Cl2N4O4/c1-22-18-41(23(2)21-42)34(43)17-26-16-27(38-35(44)39-31-10-6-8-25-7-4-5-9-28(25)31)12-14-32(26)45-33(22)20-40(3)19-24-11-13-29(36)30(37)15-24/h4-16,22-23,33,42H,17-21H2,1-3H3,(H2,38,39,44)/t22-,23-,33+/m0/s1. The van der Waals surface area contributed by atoms with Gasteiger partial charge in [0.05, 0.1) is 34.8 Å². The van der Waals surface area contributed by atoms with E-state index in [1.165, 1.54) is 0 Å². The molecule has 0 unspecified atom stereocenters. The van der Waals surface area contributed by atoms with Crippen LogP contribution in [0, 0.1) is 5.92 Å². The first-order valence-electron chi connectivity index (χ1n) is 15.0. The van der Waals surface area contributed by atoms with Gasteiger partial charge < -0.3 is 25.4 Å². The zero-order chi connectivity index (χ0) is 32.1. The Balaban J connectivity index is 1.37. The summed E-state index contributed by atoms with van der Waals surface area (Å²) in [5, 5.41) is 18.8. The highest BCUT2D eigenvalue weighted by Crippen LogP contribution is 2.30.